The zero-order chi connectivity index (χ0) is 8.27. The Hall–Kier alpha value is -0.410. The standard InChI is InChI=1S/C8H13NOS/c1-6(2)10-4-8-7(3)9-5-11-8/h5-6H,4H2,1-3H3. The Bertz CT molecular complexity index is 220. The monoisotopic (exact) mass is 171 g/mol. The molecule has 0 aliphatic rings. The van der Waals surface area contributed by atoms with E-state index in [0.717, 1.165) is 5.69 Å². The summed E-state index contributed by atoms with van der Waals surface area (Å²) < 4.78 is 5.44. The molecular weight excluding hydrogens is 158 g/mol. The minimum absolute atomic E-state index is 0.302. The lowest BCUT2D eigenvalue weighted by atomic mass is 10.4. The van der Waals surface area contributed by atoms with Gasteiger partial charge in [0.2, 0.25) is 0 Å². The third-order valence-electron chi connectivity index (χ3n) is 1.39. The van der Waals surface area contributed by atoms with E-state index in [1.807, 2.05) is 26.3 Å². The number of ether oxygens (including phenoxy) is 1. The van der Waals surface area contributed by atoms with Crippen molar-refractivity contribution in [2.24, 2.45) is 0 Å². The lowest BCUT2D eigenvalue weighted by molar-refractivity contribution is 0.0671. The highest BCUT2D eigenvalue weighted by molar-refractivity contribution is 7.09. The highest BCUT2D eigenvalue weighted by atomic mass is 32.1. The van der Waals surface area contributed by atoms with Crippen LogP contribution in [0.25, 0.3) is 0 Å². The average Bonchev–Trinajstić information content (AvgIpc) is 2.31. The van der Waals surface area contributed by atoms with Gasteiger partial charge in [-0.3, -0.25) is 0 Å². The SMILES string of the molecule is Cc1ncsc1COC(C)C. The second kappa shape index (κ2) is 3.83. The van der Waals surface area contributed by atoms with Crippen LogP contribution >= 0.6 is 11.3 Å². The zero-order valence-electron chi connectivity index (χ0n) is 7.13. The third-order valence-corrected chi connectivity index (χ3v) is 2.30. The quantitative estimate of drug-likeness (QED) is 0.696. The highest BCUT2D eigenvalue weighted by Gasteiger charge is 2.01. The molecule has 0 radical (unpaired) electrons. The molecule has 0 saturated heterocycles. The smallest absolute Gasteiger partial charge is 0.0831 e. The van der Waals surface area contributed by atoms with E-state index in [4.69, 9.17) is 4.74 Å². The second-order valence-corrected chi connectivity index (χ2v) is 3.66. The lowest BCUT2D eigenvalue weighted by Gasteiger charge is -2.05. The number of rotatable bonds is 3. The van der Waals surface area contributed by atoms with Gasteiger partial charge in [0.05, 0.1) is 28.8 Å². The van der Waals surface area contributed by atoms with Crippen molar-refractivity contribution in [3.63, 3.8) is 0 Å². The van der Waals surface area contributed by atoms with Crippen molar-refractivity contribution in [3.8, 4) is 0 Å². The summed E-state index contributed by atoms with van der Waals surface area (Å²) in [5.74, 6) is 0. The normalized spacial score (nSPS) is 10.9. The molecule has 3 heteroatoms. The number of hydrogen-bond donors (Lipinski definition) is 0. The van der Waals surface area contributed by atoms with Gasteiger partial charge in [-0.05, 0) is 20.8 Å². The van der Waals surface area contributed by atoms with Crippen molar-refractivity contribution in [2.75, 3.05) is 0 Å². The summed E-state index contributed by atoms with van der Waals surface area (Å²) in [6, 6.07) is 0. The first-order valence-electron chi connectivity index (χ1n) is 3.70. The minimum Gasteiger partial charge on any atom is -0.373 e. The largest absolute Gasteiger partial charge is 0.373 e. The van der Waals surface area contributed by atoms with Gasteiger partial charge < -0.3 is 4.74 Å². The Morgan fingerprint density at radius 3 is 2.82 bits per heavy atom. The van der Waals surface area contributed by atoms with Gasteiger partial charge in [-0.15, -0.1) is 11.3 Å². The van der Waals surface area contributed by atoms with E-state index >= 15 is 0 Å². The Labute approximate surface area is 71.2 Å². The first-order valence-corrected chi connectivity index (χ1v) is 4.58. The van der Waals surface area contributed by atoms with Crippen molar-refractivity contribution in [2.45, 2.75) is 33.5 Å². The van der Waals surface area contributed by atoms with E-state index in [1.54, 1.807) is 11.3 Å². The second-order valence-electron chi connectivity index (χ2n) is 2.72. The van der Waals surface area contributed by atoms with Crippen LogP contribution in [0.4, 0.5) is 0 Å². The minimum atomic E-state index is 0.302. The fourth-order valence-corrected chi connectivity index (χ4v) is 1.40. The number of aromatic nitrogens is 1. The van der Waals surface area contributed by atoms with Gasteiger partial charge in [0, 0.05) is 0 Å². The maximum Gasteiger partial charge on any atom is 0.0831 e. The van der Waals surface area contributed by atoms with E-state index in [2.05, 4.69) is 4.98 Å². The first-order chi connectivity index (χ1) is 5.20. The Balaban J connectivity index is 2.44. The summed E-state index contributed by atoms with van der Waals surface area (Å²) >= 11 is 1.66. The number of aryl methyl sites for hydroxylation is 1. The fourth-order valence-electron chi connectivity index (χ4n) is 0.707. The maximum atomic E-state index is 5.44. The molecule has 0 spiro atoms. The van der Waals surface area contributed by atoms with Crippen molar-refractivity contribution < 1.29 is 4.74 Å². The van der Waals surface area contributed by atoms with Crippen LogP contribution in [0.1, 0.15) is 24.4 Å². The topological polar surface area (TPSA) is 22.1 Å². The molecular formula is C8H13NOS. The van der Waals surface area contributed by atoms with Crippen LogP contribution in [0, 0.1) is 6.92 Å². The van der Waals surface area contributed by atoms with Gasteiger partial charge in [0.25, 0.3) is 0 Å². The molecule has 11 heavy (non-hydrogen) atoms. The number of thiazole rings is 1. The average molecular weight is 171 g/mol. The van der Waals surface area contributed by atoms with Crippen LogP contribution in [0.2, 0.25) is 0 Å². The zero-order valence-corrected chi connectivity index (χ0v) is 7.94. The Morgan fingerprint density at radius 2 is 2.36 bits per heavy atom. The molecule has 1 rings (SSSR count). The molecule has 0 aliphatic carbocycles. The molecule has 0 fully saturated rings. The molecule has 1 aromatic heterocycles. The first kappa shape index (κ1) is 8.68. The van der Waals surface area contributed by atoms with E-state index in [9.17, 15) is 0 Å². The number of nitrogens with zero attached hydrogens (tertiary/aromatic N) is 1. The van der Waals surface area contributed by atoms with Crippen LogP contribution in [-0.2, 0) is 11.3 Å². The van der Waals surface area contributed by atoms with Gasteiger partial charge in [-0.25, -0.2) is 4.98 Å². The predicted molar refractivity (Wildman–Crippen MR) is 46.8 cm³/mol. The highest BCUT2D eigenvalue weighted by Crippen LogP contribution is 2.13. The summed E-state index contributed by atoms with van der Waals surface area (Å²) in [6.45, 7) is 6.79. The molecule has 0 aliphatic heterocycles. The van der Waals surface area contributed by atoms with Crippen molar-refractivity contribution >= 4 is 11.3 Å². The Kier molecular flexibility index (Phi) is 3.02. The van der Waals surface area contributed by atoms with Crippen LogP contribution in [0.15, 0.2) is 5.51 Å². The summed E-state index contributed by atoms with van der Waals surface area (Å²) in [5.41, 5.74) is 2.95. The molecule has 0 unspecified atom stereocenters. The van der Waals surface area contributed by atoms with E-state index in [1.165, 1.54) is 4.88 Å². The predicted octanol–water partition coefficient (Wildman–Crippen LogP) is 2.38. The maximum absolute atomic E-state index is 5.44. The number of hydrogen-bond acceptors (Lipinski definition) is 3. The van der Waals surface area contributed by atoms with Gasteiger partial charge >= 0.3 is 0 Å². The van der Waals surface area contributed by atoms with Crippen LogP contribution < -0.4 is 0 Å². The molecule has 1 aromatic rings. The van der Waals surface area contributed by atoms with Crippen LogP contribution in [-0.4, -0.2) is 11.1 Å². The van der Waals surface area contributed by atoms with Gasteiger partial charge in [0.15, 0.2) is 0 Å². The van der Waals surface area contributed by atoms with Gasteiger partial charge in [-0.1, -0.05) is 0 Å². The van der Waals surface area contributed by atoms with Crippen molar-refractivity contribution in [1.82, 2.24) is 4.98 Å². The molecule has 0 amide bonds. The Morgan fingerprint density at radius 1 is 1.64 bits per heavy atom. The van der Waals surface area contributed by atoms with E-state index in [-0.39, 0.29) is 0 Å². The van der Waals surface area contributed by atoms with Crippen LogP contribution in [0.5, 0.6) is 0 Å². The summed E-state index contributed by atoms with van der Waals surface area (Å²) in [4.78, 5) is 5.37. The third kappa shape index (κ3) is 2.60. The van der Waals surface area contributed by atoms with Crippen molar-refractivity contribution in [3.05, 3.63) is 16.1 Å². The molecule has 62 valence electrons. The molecule has 0 aromatic carbocycles. The van der Waals surface area contributed by atoms with E-state index in [0.29, 0.717) is 12.7 Å². The van der Waals surface area contributed by atoms with E-state index < -0.39 is 0 Å². The summed E-state index contributed by atoms with van der Waals surface area (Å²) in [6.07, 6.45) is 0.302. The summed E-state index contributed by atoms with van der Waals surface area (Å²) in [5, 5.41) is 0. The molecule has 1 heterocycles. The molecule has 2 nitrogen and oxygen atoms in total. The van der Waals surface area contributed by atoms with Gasteiger partial charge in [-0.2, -0.15) is 0 Å². The fraction of sp³-hybridized carbons (Fsp3) is 0.625. The lowest BCUT2D eigenvalue weighted by Crippen LogP contribution is -2.01. The van der Waals surface area contributed by atoms with Gasteiger partial charge in [0.1, 0.15) is 0 Å². The molecule has 0 atom stereocenters. The molecule has 0 bridgehead atoms. The molecule has 0 N–H and O–H groups in total. The molecule has 0 saturated carbocycles. The van der Waals surface area contributed by atoms with Crippen molar-refractivity contribution in [1.29, 1.82) is 0 Å². The summed E-state index contributed by atoms with van der Waals surface area (Å²) in [7, 11) is 0. The van der Waals surface area contributed by atoms with Crippen LogP contribution in [0.3, 0.4) is 0 Å².